The van der Waals surface area contributed by atoms with Crippen molar-refractivity contribution in [3.8, 4) is 0 Å². The van der Waals surface area contributed by atoms with Crippen LogP contribution in [0.2, 0.25) is 0 Å². The van der Waals surface area contributed by atoms with Crippen molar-refractivity contribution in [3.63, 3.8) is 0 Å². The van der Waals surface area contributed by atoms with E-state index in [1.165, 1.54) is 0 Å². The van der Waals surface area contributed by atoms with E-state index in [9.17, 15) is 18.5 Å². The minimum atomic E-state index is -3.99. The molecule has 0 amide bonds. The molecule has 0 unspecified atom stereocenters. The summed E-state index contributed by atoms with van der Waals surface area (Å²) in [6, 6.07) is 4.58. The molecule has 1 rings (SSSR count). The first-order valence-corrected chi connectivity index (χ1v) is 8.26. The third-order valence-electron chi connectivity index (χ3n) is 2.83. The van der Waals surface area contributed by atoms with E-state index in [-0.39, 0.29) is 16.7 Å². The molecule has 0 bridgehead atoms. The average Bonchev–Trinajstić information content (AvgIpc) is 2.36. The highest BCUT2D eigenvalue weighted by atomic mass is 32.2. The van der Waals surface area contributed by atoms with Gasteiger partial charge in [-0.2, -0.15) is 8.42 Å². The Hall–Kier alpha value is -1.51. The predicted molar refractivity (Wildman–Crippen MR) is 81.2 cm³/mol. The fraction of sp³-hybridized carbons (Fsp3) is 0.571. The summed E-state index contributed by atoms with van der Waals surface area (Å²) in [5.74, 6) is 0. The molecule has 1 aromatic rings. The van der Waals surface area contributed by atoms with E-state index < -0.39 is 20.6 Å². The van der Waals surface area contributed by atoms with Gasteiger partial charge in [0, 0.05) is 25.2 Å². The molecule has 0 N–H and O–H groups in total. The van der Waals surface area contributed by atoms with Crippen molar-refractivity contribution >= 4 is 15.8 Å². The normalized spacial score (nSPS) is 12.6. The van der Waals surface area contributed by atoms with Crippen molar-refractivity contribution in [3.05, 3.63) is 34.4 Å². The first-order valence-electron chi connectivity index (χ1n) is 6.85. The highest BCUT2D eigenvalue weighted by Crippen LogP contribution is 2.24. The van der Waals surface area contributed by atoms with Crippen molar-refractivity contribution in [1.29, 1.82) is 0 Å². The lowest BCUT2D eigenvalue weighted by molar-refractivity contribution is -0.384. The van der Waals surface area contributed by atoms with E-state index in [1.54, 1.807) is 13.8 Å². The summed E-state index contributed by atoms with van der Waals surface area (Å²) < 4.78 is 35.0. The first kappa shape index (κ1) is 18.5. The zero-order valence-electron chi connectivity index (χ0n) is 13.1. The van der Waals surface area contributed by atoms with Crippen molar-refractivity contribution in [2.45, 2.75) is 50.7 Å². The lowest BCUT2D eigenvalue weighted by Crippen LogP contribution is -2.30. The predicted octanol–water partition coefficient (Wildman–Crippen LogP) is 2.89. The molecule has 0 saturated carbocycles. The van der Waals surface area contributed by atoms with E-state index in [2.05, 4.69) is 0 Å². The van der Waals surface area contributed by atoms with Gasteiger partial charge in [0.2, 0.25) is 0 Å². The standard InChI is InChI=1S/C14H21NO6S/c1-11(2)20-10-9-14(3,4)21-22(18,19)13-7-5-12(6-8-13)15(16)17/h5-8,11H,9-10H2,1-4H3. The van der Waals surface area contributed by atoms with Gasteiger partial charge in [0.25, 0.3) is 15.8 Å². The van der Waals surface area contributed by atoms with Crippen LogP contribution in [-0.2, 0) is 19.0 Å². The Morgan fingerprint density at radius 2 is 1.77 bits per heavy atom. The first-order chi connectivity index (χ1) is 10.0. The largest absolute Gasteiger partial charge is 0.379 e. The lowest BCUT2D eigenvalue weighted by atomic mass is 10.1. The Kier molecular flexibility index (Phi) is 6.04. The lowest BCUT2D eigenvalue weighted by Gasteiger charge is -2.24. The van der Waals surface area contributed by atoms with Crippen LogP contribution < -0.4 is 0 Å². The number of hydrogen-bond acceptors (Lipinski definition) is 6. The van der Waals surface area contributed by atoms with Crippen LogP contribution in [0.4, 0.5) is 5.69 Å². The second kappa shape index (κ2) is 7.17. The van der Waals surface area contributed by atoms with Gasteiger partial charge in [-0.3, -0.25) is 14.3 Å². The van der Waals surface area contributed by atoms with E-state index in [0.29, 0.717) is 13.0 Å². The number of nitrogens with zero attached hydrogens (tertiary/aromatic N) is 1. The van der Waals surface area contributed by atoms with Crippen LogP contribution in [0.25, 0.3) is 0 Å². The van der Waals surface area contributed by atoms with Gasteiger partial charge in [0.05, 0.1) is 21.5 Å². The van der Waals surface area contributed by atoms with Gasteiger partial charge < -0.3 is 4.74 Å². The maximum atomic E-state index is 12.2. The molecule has 0 aromatic heterocycles. The third-order valence-corrected chi connectivity index (χ3v) is 4.35. The van der Waals surface area contributed by atoms with Crippen molar-refractivity contribution in [1.82, 2.24) is 0 Å². The summed E-state index contributed by atoms with van der Waals surface area (Å²) in [5, 5.41) is 10.6. The summed E-state index contributed by atoms with van der Waals surface area (Å²) in [6.07, 6.45) is 0.458. The molecule has 0 aliphatic carbocycles. The molecular formula is C14H21NO6S. The van der Waals surface area contributed by atoms with Crippen molar-refractivity contribution in [2.24, 2.45) is 0 Å². The van der Waals surface area contributed by atoms with Crippen LogP contribution in [0.3, 0.4) is 0 Å². The molecule has 0 saturated heterocycles. The second-order valence-corrected chi connectivity index (χ2v) is 7.26. The minimum Gasteiger partial charge on any atom is -0.379 e. The number of nitro groups is 1. The molecule has 22 heavy (non-hydrogen) atoms. The summed E-state index contributed by atoms with van der Waals surface area (Å²) >= 11 is 0. The van der Waals surface area contributed by atoms with Gasteiger partial charge in [-0.15, -0.1) is 0 Å². The fourth-order valence-corrected chi connectivity index (χ4v) is 2.90. The number of ether oxygens (including phenoxy) is 1. The molecule has 0 spiro atoms. The SMILES string of the molecule is CC(C)OCCC(C)(C)OS(=O)(=O)c1ccc([N+](=O)[O-])cc1. The number of benzene rings is 1. The van der Waals surface area contributed by atoms with Gasteiger partial charge in [-0.1, -0.05) is 0 Å². The topological polar surface area (TPSA) is 95.7 Å². The van der Waals surface area contributed by atoms with E-state index in [0.717, 1.165) is 24.3 Å². The second-order valence-electron chi connectivity index (χ2n) is 5.72. The van der Waals surface area contributed by atoms with Gasteiger partial charge in [0.1, 0.15) is 0 Å². The van der Waals surface area contributed by atoms with Gasteiger partial charge in [-0.25, -0.2) is 0 Å². The Labute approximate surface area is 130 Å². The molecule has 0 heterocycles. The molecular weight excluding hydrogens is 310 g/mol. The van der Waals surface area contributed by atoms with Gasteiger partial charge in [-0.05, 0) is 39.8 Å². The molecule has 0 radical (unpaired) electrons. The quantitative estimate of drug-likeness (QED) is 0.413. The molecule has 7 nitrogen and oxygen atoms in total. The Balaban J connectivity index is 2.79. The summed E-state index contributed by atoms with van der Waals surface area (Å²) in [5.41, 5.74) is -1.11. The summed E-state index contributed by atoms with van der Waals surface area (Å²) in [6.45, 7) is 7.46. The molecule has 0 fully saturated rings. The maximum Gasteiger partial charge on any atom is 0.297 e. The molecule has 8 heteroatoms. The van der Waals surface area contributed by atoms with Gasteiger partial charge in [0.15, 0.2) is 0 Å². The average molecular weight is 331 g/mol. The Bertz CT molecular complexity index is 607. The maximum absolute atomic E-state index is 12.2. The zero-order valence-corrected chi connectivity index (χ0v) is 13.9. The summed E-state index contributed by atoms with van der Waals surface area (Å²) in [7, 11) is -3.99. The molecule has 1 aromatic carbocycles. The van der Waals surface area contributed by atoms with Crippen LogP contribution in [-0.4, -0.2) is 31.7 Å². The third kappa shape index (κ3) is 5.70. The Morgan fingerprint density at radius 1 is 1.23 bits per heavy atom. The highest BCUT2D eigenvalue weighted by molar-refractivity contribution is 7.86. The minimum absolute atomic E-state index is 0.0575. The van der Waals surface area contributed by atoms with Crippen LogP contribution in [0, 0.1) is 10.1 Å². The fourth-order valence-electron chi connectivity index (χ4n) is 1.66. The molecule has 0 aliphatic rings. The number of nitro benzene ring substituents is 1. The molecule has 124 valence electrons. The van der Waals surface area contributed by atoms with Crippen molar-refractivity contribution in [2.75, 3.05) is 6.61 Å². The van der Waals surface area contributed by atoms with Gasteiger partial charge >= 0.3 is 0 Å². The van der Waals surface area contributed by atoms with Crippen LogP contribution in [0.1, 0.15) is 34.1 Å². The van der Waals surface area contributed by atoms with E-state index in [4.69, 9.17) is 8.92 Å². The number of rotatable bonds is 8. The molecule has 0 aliphatic heterocycles. The van der Waals surface area contributed by atoms with Crippen LogP contribution in [0.15, 0.2) is 29.2 Å². The van der Waals surface area contributed by atoms with E-state index >= 15 is 0 Å². The Morgan fingerprint density at radius 3 is 2.23 bits per heavy atom. The van der Waals surface area contributed by atoms with E-state index in [1.807, 2.05) is 13.8 Å². The number of hydrogen-bond donors (Lipinski definition) is 0. The van der Waals surface area contributed by atoms with Crippen LogP contribution >= 0.6 is 0 Å². The van der Waals surface area contributed by atoms with Crippen LogP contribution in [0.5, 0.6) is 0 Å². The summed E-state index contributed by atoms with van der Waals surface area (Å²) in [4.78, 5) is 9.87. The zero-order chi connectivity index (χ0) is 17.0. The smallest absolute Gasteiger partial charge is 0.297 e. The van der Waals surface area contributed by atoms with Crippen molar-refractivity contribution < 1.29 is 22.3 Å². The monoisotopic (exact) mass is 331 g/mol. The number of non-ortho nitro benzene ring substituents is 1. The molecule has 0 atom stereocenters. The highest BCUT2D eigenvalue weighted by Gasteiger charge is 2.28.